The third kappa shape index (κ3) is 1.67. The third-order valence-corrected chi connectivity index (χ3v) is 3.39. The van der Waals surface area contributed by atoms with Crippen molar-refractivity contribution < 1.29 is 0 Å². The average molecular weight is 210 g/mol. The van der Waals surface area contributed by atoms with E-state index in [9.17, 15) is 0 Å². The second kappa shape index (κ2) is 3.82. The average Bonchev–Trinajstić information content (AvgIpc) is 2.73. The summed E-state index contributed by atoms with van der Waals surface area (Å²) in [6.45, 7) is 2.12. The van der Waals surface area contributed by atoms with E-state index in [0.717, 1.165) is 5.70 Å². The lowest BCUT2D eigenvalue weighted by molar-refractivity contribution is 0.667. The van der Waals surface area contributed by atoms with Crippen LogP contribution in [-0.4, -0.2) is 0 Å². The van der Waals surface area contributed by atoms with Gasteiger partial charge in [-0.05, 0) is 44.3 Å². The Bertz CT molecular complexity index is 463. The van der Waals surface area contributed by atoms with E-state index in [0.29, 0.717) is 0 Å². The van der Waals surface area contributed by atoms with Gasteiger partial charge in [-0.2, -0.15) is 0 Å². The number of aryl methyl sites for hydroxylation is 1. The number of benzene rings is 1. The lowest BCUT2D eigenvalue weighted by Crippen LogP contribution is -2.03. The second-order valence-corrected chi connectivity index (χ2v) is 4.69. The Morgan fingerprint density at radius 1 is 1.00 bits per heavy atom. The van der Waals surface area contributed by atoms with E-state index < -0.39 is 0 Å². The second-order valence-electron chi connectivity index (χ2n) is 4.69. The molecule has 1 heterocycles. The Labute approximate surface area is 96.9 Å². The molecule has 0 atom stereocenters. The molecule has 0 fully saturated rings. The molecule has 1 aliphatic heterocycles. The van der Waals surface area contributed by atoms with E-state index >= 15 is 0 Å². The third-order valence-electron chi connectivity index (χ3n) is 3.39. The topological polar surface area (TPSA) is 14.1 Å². The van der Waals surface area contributed by atoms with Crippen LogP contribution >= 0.6 is 0 Å². The van der Waals surface area contributed by atoms with Crippen molar-refractivity contribution in [2.24, 2.45) is 0 Å². The van der Waals surface area contributed by atoms with Crippen molar-refractivity contribution in [3.8, 4) is 0 Å². The summed E-state index contributed by atoms with van der Waals surface area (Å²) in [6.07, 6.45) is 7.29. The van der Waals surface area contributed by atoms with Gasteiger partial charge in [-0.25, -0.2) is 0 Å². The van der Waals surface area contributed by atoms with Gasteiger partial charge in [0, 0.05) is 11.3 Å². The quantitative estimate of drug-likeness (QED) is 0.669. The van der Waals surface area contributed by atoms with Crippen molar-refractivity contribution in [3.63, 3.8) is 0 Å². The highest BCUT2D eigenvalue weighted by atomic mass is 14.9. The van der Waals surface area contributed by atoms with Crippen LogP contribution in [0.3, 0.4) is 0 Å². The summed E-state index contributed by atoms with van der Waals surface area (Å²) < 4.78 is 0. The zero-order valence-corrected chi connectivity index (χ0v) is 9.66. The minimum atomic E-state index is 1.16. The molecule has 0 bridgehead atoms. The molecule has 0 amide bonds. The molecule has 0 spiro atoms. The van der Waals surface area contributed by atoms with E-state index in [4.69, 9.17) is 5.32 Å². The molecular weight excluding hydrogens is 194 g/mol. The molecule has 0 saturated heterocycles. The Morgan fingerprint density at radius 2 is 1.75 bits per heavy atom. The first kappa shape index (κ1) is 9.71. The fourth-order valence-electron chi connectivity index (χ4n) is 2.41. The standard InChI is InChI=1S/C15H16N/c1-11-6-8-12(9-7-11)15-10-13-4-2-3-5-14(13)16-15/h6-10H,2-5H2,1H3. The van der Waals surface area contributed by atoms with E-state index in [-0.39, 0.29) is 0 Å². The number of rotatable bonds is 1. The van der Waals surface area contributed by atoms with Crippen LogP contribution in [0.25, 0.3) is 5.70 Å². The van der Waals surface area contributed by atoms with Gasteiger partial charge in [0.25, 0.3) is 0 Å². The van der Waals surface area contributed by atoms with Gasteiger partial charge in [-0.3, -0.25) is 5.32 Å². The first-order valence-electron chi connectivity index (χ1n) is 6.05. The summed E-state index contributed by atoms with van der Waals surface area (Å²) in [4.78, 5) is 0. The van der Waals surface area contributed by atoms with Crippen molar-refractivity contribution in [3.05, 3.63) is 52.7 Å². The van der Waals surface area contributed by atoms with Gasteiger partial charge in [0.2, 0.25) is 0 Å². The molecule has 0 N–H and O–H groups in total. The lowest BCUT2D eigenvalue weighted by atomic mass is 9.98. The molecule has 3 rings (SSSR count). The van der Waals surface area contributed by atoms with Crippen LogP contribution in [-0.2, 0) is 0 Å². The maximum Gasteiger partial charge on any atom is 0.0708 e. The molecule has 0 saturated carbocycles. The number of hydrogen-bond donors (Lipinski definition) is 0. The van der Waals surface area contributed by atoms with Gasteiger partial charge in [0.1, 0.15) is 0 Å². The summed E-state index contributed by atoms with van der Waals surface area (Å²) in [7, 11) is 0. The Balaban J connectivity index is 1.86. The molecule has 1 nitrogen and oxygen atoms in total. The van der Waals surface area contributed by atoms with Gasteiger partial charge >= 0.3 is 0 Å². The van der Waals surface area contributed by atoms with Gasteiger partial charge in [0.15, 0.2) is 0 Å². The molecule has 1 heteroatoms. The molecule has 1 radical (unpaired) electrons. The predicted molar refractivity (Wildman–Crippen MR) is 66.8 cm³/mol. The zero-order chi connectivity index (χ0) is 11.0. The SMILES string of the molecule is Cc1ccc(C2=CC3=C(CCCC3)[N]2)cc1. The molecule has 1 aromatic rings. The van der Waals surface area contributed by atoms with E-state index in [1.807, 2.05) is 0 Å². The first-order chi connectivity index (χ1) is 7.83. The minimum Gasteiger partial charge on any atom is -0.253 e. The van der Waals surface area contributed by atoms with Crippen LogP contribution in [0.4, 0.5) is 0 Å². The predicted octanol–water partition coefficient (Wildman–Crippen LogP) is 3.78. The van der Waals surface area contributed by atoms with Gasteiger partial charge < -0.3 is 0 Å². The fourth-order valence-corrected chi connectivity index (χ4v) is 2.41. The van der Waals surface area contributed by atoms with Gasteiger partial charge in [0.05, 0.1) is 5.70 Å². The van der Waals surface area contributed by atoms with Crippen LogP contribution in [0.15, 0.2) is 41.6 Å². The highest BCUT2D eigenvalue weighted by Crippen LogP contribution is 2.33. The Hall–Kier alpha value is -1.50. The molecule has 1 aliphatic carbocycles. The minimum absolute atomic E-state index is 1.16. The Morgan fingerprint density at radius 3 is 2.50 bits per heavy atom. The fraction of sp³-hybridized carbons (Fsp3) is 0.333. The summed E-state index contributed by atoms with van der Waals surface area (Å²) in [5.41, 5.74) is 6.52. The van der Waals surface area contributed by atoms with Crippen molar-refractivity contribution >= 4 is 5.70 Å². The monoisotopic (exact) mass is 210 g/mol. The Kier molecular flexibility index (Phi) is 2.32. The normalized spacial score (nSPS) is 19.2. The molecule has 1 aromatic carbocycles. The summed E-state index contributed by atoms with van der Waals surface area (Å²) in [5.74, 6) is 0. The van der Waals surface area contributed by atoms with Crippen molar-refractivity contribution in [1.29, 1.82) is 0 Å². The van der Waals surface area contributed by atoms with Gasteiger partial charge in [-0.1, -0.05) is 29.8 Å². The maximum atomic E-state index is 4.75. The molecule has 81 valence electrons. The van der Waals surface area contributed by atoms with Crippen molar-refractivity contribution in [2.45, 2.75) is 32.6 Å². The molecular formula is C15H16N. The smallest absolute Gasteiger partial charge is 0.0708 e. The lowest BCUT2D eigenvalue weighted by Gasteiger charge is -2.11. The largest absolute Gasteiger partial charge is 0.253 e. The van der Waals surface area contributed by atoms with Crippen molar-refractivity contribution in [1.82, 2.24) is 5.32 Å². The van der Waals surface area contributed by atoms with Crippen LogP contribution in [0.5, 0.6) is 0 Å². The number of allylic oxidation sites excluding steroid dienone is 3. The molecule has 16 heavy (non-hydrogen) atoms. The number of nitrogens with zero attached hydrogens (tertiary/aromatic N) is 1. The molecule has 0 unspecified atom stereocenters. The zero-order valence-electron chi connectivity index (χ0n) is 9.66. The van der Waals surface area contributed by atoms with Crippen LogP contribution in [0.1, 0.15) is 36.8 Å². The summed E-state index contributed by atoms with van der Waals surface area (Å²) in [5, 5.41) is 4.75. The highest BCUT2D eigenvalue weighted by Gasteiger charge is 2.20. The van der Waals surface area contributed by atoms with Crippen molar-refractivity contribution in [2.75, 3.05) is 0 Å². The first-order valence-corrected chi connectivity index (χ1v) is 6.05. The number of hydrogen-bond acceptors (Lipinski definition) is 0. The highest BCUT2D eigenvalue weighted by molar-refractivity contribution is 5.72. The van der Waals surface area contributed by atoms with Crippen LogP contribution in [0.2, 0.25) is 0 Å². The van der Waals surface area contributed by atoms with Gasteiger partial charge in [-0.15, -0.1) is 0 Å². The summed E-state index contributed by atoms with van der Waals surface area (Å²) in [6, 6.07) is 8.65. The molecule has 2 aliphatic rings. The van der Waals surface area contributed by atoms with Crippen LogP contribution in [0, 0.1) is 6.92 Å². The molecule has 0 aromatic heterocycles. The van der Waals surface area contributed by atoms with E-state index in [1.165, 1.54) is 48.1 Å². The maximum absolute atomic E-state index is 4.75. The van der Waals surface area contributed by atoms with E-state index in [1.54, 1.807) is 0 Å². The van der Waals surface area contributed by atoms with E-state index in [2.05, 4.69) is 37.3 Å². The summed E-state index contributed by atoms with van der Waals surface area (Å²) >= 11 is 0. The van der Waals surface area contributed by atoms with Crippen LogP contribution < -0.4 is 5.32 Å².